The molecule has 0 aliphatic heterocycles. The number of H-pyrrole nitrogens is 1. The maximum Gasteiger partial charge on any atom is 0.365 e. The number of hydrogen-bond donors (Lipinski definition) is 1. The Bertz CT molecular complexity index is 858. The molecule has 0 spiro atoms. The van der Waals surface area contributed by atoms with E-state index in [-0.39, 0.29) is 6.61 Å². The molecule has 2 aromatic heterocycles. The molecule has 0 saturated carbocycles. The molecule has 23 heavy (non-hydrogen) atoms. The largest absolute Gasteiger partial charge is 0.472 e. The summed E-state index contributed by atoms with van der Waals surface area (Å²) in [5.74, 6) is 0.436. The molecule has 0 atom stereocenters. The molecule has 0 bridgehead atoms. The van der Waals surface area contributed by atoms with Crippen molar-refractivity contribution in [2.24, 2.45) is 7.05 Å². The van der Waals surface area contributed by atoms with Crippen LogP contribution >= 0.6 is 11.8 Å². The molecule has 0 fully saturated rings. The van der Waals surface area contributed by atoms with E-state index >= 15 is 0 Å². The number of ether oxygens (including phenoxy) is 1. The molecule has 0 radical (unpaired) electrons. The van der Waals surface area contributed by atoms with Crippen molar-refractivity contribution in [3.05, 3.63) is 46.5 Å². The molecule has 3 aromatic rings. The summed E-state index contributed by atoms with van der Waals surface area (Å²) in [4.78, 5) is 12.4. The second kappa shape index (κ2) is 6.65. The van der Waals surface area contributed by atoms with Crippen LogP contribution in [0.1, 0.15) is 5.56 Å². The molecular formula is C13H13FN6O2S. The molecule has 1 N–H and O–H groups in total. The van der Waals surface area contributed by atoms with E-state index in [0.29, 0.717) is 22.0 Å². The van der Waals surface area contributed by atoms with Crippen LogP contribution in [0.25, 0.3) is 5.69 Å². The molecule has 0 amide bonds. The molecule has 3 rings (SSSR count). The number of thioether (sulfide) groups is 1. The summed E-state index contributed by atoms with van der Waals surface area (Å²) < 4.78 is 21.1. The highest BCUT2D eigenvalue weighted by Crippen LogP contribution is 2.28. The summed E-state index contributed by atoms with van der Waals surface area (Å²) in [6.45, 7) is 0.120. The Morgan fingerprint density at radius 3 is 2.91 bits per heavy atom. The first-order valence-corrected chi connectivity index (χ1v) is 7.61. The van der Waals surface area contributed by atoms with Crippen molar-refractivity contribution in [2.45, 2.75) is 11.5 Å². The standard InChI is InChI=1S/C13H13FN6O2S/c1-19-6-5-12(16-19)22-7-9-10(20-13(21)15-17-18-20)3-2-4-11(9)23-8-14/h2-6H,7-8H2,1H3,(H,15,18,21). The Morgan fingerprint density at radius 2 is 2.26 bits per heavy atom. The maximum absolute atomic E-state index is 12.8. The van der Waals surface area contributed by atoms with Gasteiger partial charge in [-0.3, -0.25) is 4.68 Å². The van der Waals surface area contributed by atoms with Gasteiger partial charge < -0.3 is 4.74 Å². The van der Waals surface area contributed by atoms with E-state index in [1.54, 1.807) is 42.2 Å². The number of nitrogens with zero attached hydrogens (tertiary/aromatic N) is 5. The smallest absolute Gasteiger partial charge is 0.365 e. The Balaban J connectivity index is 1.97. The second-order valence-electron chi connectivity index (χ2n) is 4.54. The first-order valence-electron chi connectivity index (χ1n) is 6.63. The van der Waals surface area contributed by atoms with Crippen LogP contribution in [0.4, 0.5) is 4.39 Å². The van der Waals surface area contributed by atoms with Gasteiger partial charge in [0.25, 0.3) is 0 Å². The predicted octanol–water partition coefficient (Wildman–Crippen LogP) is 1.29. The third-order valence-corrected chi connectivity index (χ3v) is 3.87. The normalized spacial score (nSPS) is 10.9. The van der Waals surface area contributed by atoms with Crippen molar-refractivity contribution < 1.29 is 9.13 Å². The van der Waals surface area contributed by atoms with Crippen LogP contribution in [-0.2, 0) is 13.7 Å². The van der Waals surface area contributed by atoms with E-state index in [2.05, 4.69) is 20.6 Å². The van der Waals surface area contributed by atoms with Crippen LogP contribution in [-0.4, -0.2) is 36.0 Å². The molecule has 120 valence electrons. The first-order chi connectivity index (χ1) is 11.2. The molecule has 8 nitrogen and oxygen atoms in total. The number of halogens is 1. The highest BCUT2D eigenvalue weighted by molar-refractivity contribution is 7.99. The lowest BCUT2D eigenvalue weighted by atomic mass is 10.2. The zero-order chi connectivity index (χ0) is 16.2. The van der Waals surface area contributed by atoms with E-state index in [1.807, 2.05) is 0 Å². The van der Waals surface area contributed by atoms with E-state index in [1.165, 1.54) is 0 Å². The fourth-order valence-corrected chi connectivity index (χ4v) is 2.69. The minimum absolute atomic E-state index is 0.120. The van der Waals surface area contributed by atoms with E-state index < -0.39 is 11.7 Å². The van der Waals surface area contributed by atoms with E-state index in [0.717, 1.165) is 16.4 Å². The zero-order valence-electron chi connectivity index (χ0n) is 12.1. The molecule has 0 unspecified atom stereocenters. The van der Waals surface area contributed by atoms with Gasteiger partial charge in [-0.25, -0.2) is 14.3 Å². The van der Waals surface area contributed by atoms with Crippen molar-refractivity contribution in [3.8, 4) is 11.6 Å². The van der Waals surface area contributed by atoms with Crippen molar-refractivity contribution in [1.82, 2.24) is 30.0 Å². The molecule has 0 aliphatic rings. The minimum atomic E-state index is -0.590. The van der Waals surface area contributed by atoms with Gasteiger partial charge in [-0.1, -0.05) is 17.8 Å². The lowest BCUT2D eigenvalue weighted by Crippen LogP contribution is -2.18. The van der Waals surface area contributed by atoms with Crippen LogP contribution in [0.3, 0.4) is 0 Å². The van der Waals surface area contributed by atoms with Crippen molar-refractivity contribution >= 4 is 11.8 Å². The van der Waals surface area contributed by atoms with Crippen molar-refractivity contribution in [2.75, 3.05) is 6.01 Å². The summed E-state index contributed by atoms with van der Waals surface area (Å²) in [7, 11) is 1.78. The molecule has 0 aliphatic carbocycles. The molecule has 10 heteroatoms. The Kier molecular flexibility index (Phi) is 4.42. The number of tetrazole rings is 1. The van der Waals surface area contributed by atoms with Crippen LogP contribution < -0.4 is 10.4 Å². The number of nitrogens with one attached hydrogen (secondary N) is 1. The molecule has 0 saturated heterocycles. The maximum atomic E-state index is 12.8. The topological polar surface area (TPSA) is 90.6 Å². The van der Waals surface area contributed by atoms with Gasteiger partial charge >= 0.3 is 5.69 Å². The number of rotatable bonds is 6. The Hall–Kier alpha value is -2.62. The summed E-state index contributed by atoms with van der Waals surface area (Å²) in [6.07, 6.45) is 1.75. The lowest BCUT2D eigenvalue weighted by Gasteiger charge is -2.12. The highest BCUT2D eigenvalue weighted by atomic mass is 32.2. The molecule has 2 heterocycles. The summed E-state index contributed by atoms with van der Waals surface area (Å²) in [5.41, 5.74) is 0.640. The Morgan fingerprint density at radius 1 is 1.39 bits per heavy atom. The van der Waals surface area contributed by atoms with Crippen LogP contribution in [0.15, 0.2) is 40.2 Å². The monoisotopic (exact) mass is 336 g/mol. The van der Waals surface area contributed by atoms with Crippen molar-refractivity contribution in [3.63, 3.8) is 0 Å². The SMILES string of the molecule is Cn1ccc(OCc2c(SCF)cccc2-n2nn[nH]c2=O)n1. The van der Waals surface area contributed by atoms with Crippen LogP contribution in [0, 0.1) is 0 Å². The lowest BCUT2D eigenvalue weighted by molar-refractivity contribution is 0.287. The first kappa shape index (κ1) is 15.3. The fourth-order valence-electron chi connectivity index (χ4n) is 2.06. The van der Waals surface area contributed by atoms with Crippen LogP contribution in [0.2, 0.25) is 0 Å². The number of aryl methyl sites for hydroxylation is 1. The summed E-state index contributed by atoms with van der Waals surface area (Å²) in [5, 5.41) is 13.6. The number of aromatic nitrogens is 6. The quantitative estimate of drug-likeness (QED) is 0.682. The minimum Gasteiger partial charge on any atom is -0.472 e. The number of aromatic amines is 1. The van der Waals surface area contributed by atoms with Crippen molar-refractivity contribution in [1.29, 1.82) is 0 Å². The third-order valence-electron chi connectivity index (χ3n) is 3.07. The van der Waals surface area contributed by atoms with E-state index in [9.17, 15) is 9.18 Å². The zero-order valence-corrected chi connectivity index (χ0v) is 13.0. The highest BCUT2D eigenvalue weighted by Gasteiger charge is 2.15. The van der Waals surface area contributed by atoms with Gasteiger partial charge in [0.2, 0.25) is 5.88 Å². The average Bonchev–Trinajstić information content (AvgIpc) is 3.14. The average molecular weight is 336 g/mol. The number of alkyl halides is 1. The molecular weight excluding hydrogens is 323 g/mol. The van der Waals surface area contributed by atoms with E-state index in [4.69, 9.17) is 4.74 Å². The van der Waals surface area contributed by atoms with Gasteiger partial charge in [0.15, 0.2) is 0 Å². The number of benzene rings is 1. The fraction of sp³-hybridized carbons (Fsp3) is 0.231. The Labute approximate surface area is 134 Å². The second-order valence-corrected chi connectivity index (χ2v) is 5.49. The molecule has 1 aromatic carbocycles. The van der Waals surface area contributed by atoms with Gasteiger partial charge in [-0.2, -0.15) is 4.68 Å². The van der Waals surface area contributed by atoms with Gasteiger partial charge in [-0.05, 0) is 22.6 Å². The summed E-state index contributed by atoms with van der Waals surface area (Å²) >= 11 is 1.01. The van der Waals surface area contributed by atoms with Crippen LogP contribution in [0.5, 0.6) is 5.88 Å². The van der Waals surface area contributed by atoms with Gasteiger partial charge in [-0.15, -0.1) is 5.10 Å². The van der Waals surface area contributed by atoms with Gasteiger partial charge in [0.1, 0.15) is 12.6 Å². The van der Waals surface area contributed by atoms with Gasteiger partial charge in [0.05, 0.1) is 5.69 Å². The third kappa shape index (κ3) is 3.26. The number of hydrogen-bond acceptors (Lipinski definition) is 6. The van der Waals surface area contributed by atoms with Gasteiger partial charge in [0, 0.05) is 29.8 Å². The summed E-state index contributed by atoms with van der Waals surface area (Å²) in [6, 6.07) is 6.30. The predicted molar refractivity (Wildman–Crippen MR) is 81.4 cm³/mol.